The minimum atomic E-state index is 0.324. The first-order valence-corrected chi connectivity index (χ1v) is 8.89. The maximum atomic E-state index is 6.04. The molecule has 3 atom stereocenters. The molecule has 4 rings (SSSR count). The molecule has 0 N–H and O–H groups in total. The Labute approximate surface area is 143 Å². The van der Waals surface area contributed by atoms with Crippen molar-refractivity contribution in [3.8, 4) is 0 Å². The largest absolute Gasteiger partial charge is 0.378 e. The highest BCUT2D eigenvalue weighted by Crippen LogP contribution is 2.39. The van der Waals surface area contributed by atoms with E-state index in [1.807, 2.05) is 6.92 Å². The van der Waals surface area contributed by atoms with Gasteiger partial charge >= 0.3 is 0 Å². The fourth-order valence-corrected chi connectivity index (χ4v) is 4.17. The van der Waals surface area contributed by atoms with Crippen molar-refractivity contribution in [2.45, 2.75) is 45.3 Å². The van der Waals surface area contributed by atoms with Crippen LogP contribution in [0.3, 0.4) is 0 Å². The molecule has 0 amide bonds. The predicted molar refractivity (Wildman–Crippen MR) is 90.7 cm³/mol. The number of likely N-dealkylation sites (tertiary alicyclic amines) is 1. The lowest BCUT2D eigenvalue weighted by Crippen LogP contribution is -2.48. The van der Waals surface area contributed by atoms with Gasteiger partial charge in [0.2, 0.25) is 5.89 Å². The van der Waals surface area contributed by atoms with Gasteiger partial charge in [0, 0.05) is 38.1 Å². The van der Waals surface area contributed by atoms with E-state index in [0.717, 1.165) is 50.8 Å². The SMILES string of the molecule is Cc1cccc(CN2CC[C@@H]3OCC[C@H](c4nc(C)no4)[C@@H]3C2)c1. The molecule has 0 bridgehead atoms. The molecule has 0 unspecified atom stereocenters. The average Bonchev–Trinajstić information content (AvgIpc) is 3.00. The molecule has 3 heterocycles. The van der Waals surface area contributed by atoms with Crippen molar-refractivity contribution in [3.63, 3.8) is 0 Å². The van der Waals surface area contributed by atoms with Gasteiger partial charge in [-0.05, 0) is 32.3 Å². The molecule has 128 valence electrons. The molecule has 2 aliphatic heterocycles. The van der Waals surface area contributed by atoms with Crippen LogP contribution in [0.1, 0.15) is 41.6 Å². The molecule has 2 aromatic rings. The lowest BCUT2D eigenvalue weighted by Gasteiger charge is -2.44. The molecule has 2 aliphatic rings. The van der Waals surface area contributed by atoms with Gasteiger partial charge in [-0.1, -0.05) is 35.0 Å². The number of nitrogens with zero attached hydrogens (tertiary/aromatic N) is 3. The summed E-state index contributed by atoms with van der Waals surface area (Å²) in [5.74, 6) is 2.28. The number of aromatic nitrogens is 2. The summed E-state index contributed by atoms with van der Waals surface area (Å²) in [4.78, 5) is 7.04. The van der Waals surface area contributed by atoms with Crippen LogP contribution in [-0.2, 0) is 11.3 Å². The van der Waals surface area contributed by atoms with Crippen LogP contribution in [0, 0.1) is 19.8 Å². The molecule has 1 aromatic heterocycles. The summed E-state index contributed by atoms with van der Waals surface area (Å²) in [6, 6.07) is 8.79. The van der Waals surface area contributed by atoms with Crippen molar-refractivity contribution < 1.29 is 9.26 Å². The number of rotatable bonds is 3. The van der Waals surface area contributed by atoms with Gasteiger partial charge in [0.05, 0.1) is 6.10 Å². The van der Waals surface area contributed by atoms with Crippen LogP contribution < -0.4 is 0 Å². The third kappa shape index (κ3) is 3.23. The van der Waals surface area contributed by atoms with Crippen LogP contribution in [0.25, 0.3) is 0 Å². The molecule has 2 fully saturated rings. The van der Waals surface area contributed by atoms with Crippen LogP contribution in [0.4, 0.5) is 0 Å². The smallest absolute Gasteiger partial charge is 0.230 e. The third-order valence-corrected chi connectivity index (χ3v) is 5.30. The molecule has 24 heavy (non-hydrogen) atoms. The van der Waals surface area contributed by atoms with E-state index in [1.165, 1.54) is 11.1 Å². The van der Waals surface area contributed by atoms with Gasteiger partial charge in [0.25, 0.3) is 0 Å². The Balaban J connectivity index is 1.49. The fourth-order valence-electron chi connectivity index (χ4n) is 4.17. The van der Waals surface area contributed by atoms with E-state index < -0.39 is 0 Å². The minimum Gasteiger partial charge on any atom is -0.378 e. The first-order valence-electron chi connectivity index (χ1n) is 8.89. The quantitative estimate of drug-likeness (QED) is 0.867. The second-order valence-corrected chi connectivity index (χ2v) is 7.16. The highest BCUT2D eigenvalue weighted by Gasteiger charge is 2.41. The number of ether oxygens (including phenoxy) is 1. The molecular weight excluding hydrogens is 302 g/mol. The Morgan fingerprint density at radius 3 is 2.96 bits per heavy atom. The summed E-state index contributed by atoms with van der Waals surface area (Å²) < 4.78 is 11.5. The summed E-state index contributed by atoms with van der Waals surface area (Å²) in [6.45, 7) is 7.95. The van der Waals surface area contributed by atoms with Crippen LogP contribution >= 0.6 is 0 Å². The van der Waals surface area contributed by atoms with Gasteiger partial charge in [-0.25, -0.2) is 0 Å². The minimum absolute atomic E-state index is 0.324. The van der Waals surface area contributed by atoms with Gasteiger partial charge in [-0.15, -0.1) is 0 Å². The summed E-state index contributed by atoms with van der Waals surface area (Å²) in [5.41, 5.74) is 2.71. The molecule has 5 nitrogen and oxygen atoms in total. The maximum absolute atomic E-state index is 6.04. The van der Waals surface area contributed by atoms with Gasteiger partial charge in [-0.3, -0.25) is 4.90 Å². The average molecular weight is 327 g/mol. The van der Waals surface area contributed by atoms with Crippen molar-refractivity contribution >= 4 is 0 Å². The van der Waals surface area contributed by atoms with Crippen LogP contribution in [0.5, 0.6) is 0 Å². The van der Waals surface area contributed by atoms with E-state index in [9.17, 15) is 0 Å². The van der Waals surface area contributed by atoms with E-state index in [4.69, 9.17) is 9.26 Å². The van der Waals surface area contributed by atoms with E-state index >= 15 is 0 Å². The summed E-state index contributed by atoms with van der Waals surface area (Å²) in [6.07, 6.45) is 2.38. The lowest BCUT2D eigenvalue weighted by molar-refractivity contribution is -0.0825. The van der Waals surface area contributed by atoms with Gasteiger partial charge in [0.15, 0.2) is 5.82 Å². The Morgan fingerprint density at radius 1 is 1.25 bits per heavy atom. The fraction of sp³-hybridized carbons (Fsp3) is 0.579. The van der Waals surface area contributed by atoms with Gasteiger partial charge < -0.3 is 9.26 Å². The summed E-state index contributed by atoms with van der Waals surface area (Å²) in [5, 5.41) is 3.99. The molecule has 0 radical (unpaired) electrons. The number of aryl methyl sites for hydroxylation is 2. The van der Waals surface area contributed by atoms with E-state index in [2.05, 4.69) is 46.2 Å². The van der Waals surface area contributed by atoms with Gasteiger partial charge in [0.1, 0.15) is 0 Å². The normalized spacial score (nSPS) is 27.8. The van der Waals surface area contributed by atoms with Crippen molar-refractivity contribution in [1.82, 2.24) is 15.0 Å². The second kappa shape index (κ2) is 6.65. The second-order valence-electron chi connectivity index (χ2n) is 7.16. The van der Waals surface area contributed by atoms with Crippen LogP contribution in [0.2, 0.25) is 0 Å². The number of hydrogen-bond acceptors (Lipinski definition) is 5. The zero-order chi connectivity index (χ0) is 16.5. The van der Waals surface area contributed by atoms with Crippen molar-refractivity contribution in [2.75, 3.05) is 19.7 Å². The molecule has 0 spiro atoms. The molecule has 5 heteroatoms. The number of benzene rings is 1. The van der Waals surface area contributed by atoms with Crippen molar-refractivity contribution in [2.24, 2.45) is 5.92 Å². The van der Waals surface area contributed by atoms with Gasteiger partial charge in [-0.2, -0.15) is 4.98 Å². The zero-order valence-electron chi connectivity index (χ0n) is 14.4. The Morgan fingerprint density at radius 2 is 2.17 bits per heavy atom. The van der Waals surface area contributed by atoms with Crippen LogP contribution in [-0.4, -0.2) is 40.8 Å². The monoisotopic (exact) mass is 327 g/mol. The number of fused-ring (bicyclic) bond motifs is 1. The summed E-state index contributed by atoms with van der Waals surface area (Å²) >= 11 is 0. The van der Waals surface area contributed by atoms with E-state index in [-0.39, 0.29) is 0 Å². The molecular formula is C19H25N3O2. The Kier molecular flexibility index (Phi) is 4.37. The molecule has 0 saturated carbocycles. The third-order valence-electron chi connectivity index (χ3n) is 5.30. The molecule has 2 saturated heterocycles. The first kappa shape index (κ1) is 15.8. The number of piperidine rings is 1. The first-order chi connectivity index (χ1) is 11.7. The Hall–Kier alpha value is -1.72. The van der Waals surface area contributed by atoms with Crippen LogP contribution in [0.15, 0.2) is 28.8 Å². The maximum Gasteiger partial charge on any atom is 0.230 e. The standard InChI is InChI=1S/C19H25N3O2/c1-13-4-3-5-15(10-13)11-22-8-6-18-17(12-22)16(7-9-23-18)19-20-14(2)21-24-19/h3-5,10,16-18H,6-9,11-12H2,1-2H3/t16-,17-,18-/m0/s1. The predicted octanol–water partition coefficient (Wildman–Crippen LogP) is 3.08. The topological polar surface area (TPSA) is 51.4 Å². The molecule has 0 aliphatic carbocycles. The Bertz CT molecular complexity index is 699. The highest BCUT2D eigenvalue weighted by molar-refractivity contribution is 5.22. The van der Waals surface area contributed by atoms with E-state index in [1.54, 1.807) is 0 Å². The van der Waals surface area contributed by atoms with Crippen molar-refractivity contribution in [3.05, 3.63) is 47.1 Å². The number of hydrogen-bond donors (Lipinski definition) is 0. The van der Waals surface area contributed by atoms with Crippen molar-refractivity contribution in [1.29, 1.82) is 0 Å². The highest BCUT2D eigenvalue weighted by atomic mass is 16.5. The zero-order valence-corrected chi connectivity index (χ0v) is 14.4. The molecule has 1 aromatic carbocycles. The van der Waals surface area contributed by atoms with E-state index in [0.29, 0.717) is 17.9 Å². The summed E-state index contributed by atoms with van der Waals surface area (Å²) in [7, 11) is 0. The lowest BCUT2D eigenvalue weighted by atomic mass is 9.79.